The summed E-state index contributed by atoms with van der Waals surface area (Å²) >= 11 is 0. The van der Waals surface area contributed by atoms with Gasteiger partial charge in [0.05, 0.1) is 24.5 Å². The van der Waals surface area contributed by atoms with Gasteiger partial charge in [0.15, 0.2) is 0 Å². The van der Waals surface area contributed by atoms with Crippen molar-refractivity contribution in [2.24, 2.45) is 10.7 Å². The molecule has 0 aliphatic carbocycles. The number of amidine groups is 1. The van der Waals surface area contributed by atoms with Crippen LogP contribution in [0.25, 0.3) is 11.1 Å². The van der Waals surface area contributed by atoms with E-state index in [1.165, 1.54) is 0 Å². The molecule has 200 valence electrons. The summed E-state index contributed by atoms with van der Waals surface area (Å²) in [6.07, 6.45) is -2.69. The normalized spacial score (nSPS) is 14.8. The number of aromatic nitrogens is 2. The monoisotopic (exact) mass is 528 g/mol. The standard InChI is InChI=1S/C25H27F3N8O2/c1-15-10-16(2-3-20(15)34-24(37)35-21-11-17(4-5-31-21)25(26,27)28)19-12-18(13-36-6-8-38-9-7-36)33-22(19)23(30)32-14-29/h2-5,10-12,14,33H,6-9,13H2,1H3,(H3,29,30,32)(H2,31,34,35,37). The molecule has 2 aromatic heterocycles. The Morgan fingerprint density at radius 1 is 1.24 bits per heavy atom. The Morgan fingerprint density at radius 3 is 2.68 bits per heavy atom. The first-order valence-corrected chi connectivity index (χ1v) is 11.7. The molecule has 3 aromatic rings. The van der Waals surface area contributed by atoms with Gasteiger partial charge in [0, 0.05) is 42.8 Å². The second kappa shape index (κ2) is 11.4. The van der Waals surface area contributed by atoms with E-state index in [0.717, 1.165) is 54.6 Å². The van der Waals surface area contributed by atoms with Crippen LogP contribution in [0.4, 0.5) is 29.5 Å². The van der Waals surface area contributed by atoms with Crippen molar-refractivity contribution in [2.75, 3.05) is 36.9 Å². The Kier molecular flexibility index (Phi) is 8.08. The molecule has 1 aliphatic heterocycles. The van der Waals surface area contributed by atoms with Gasteiger partial charge in [0.1, 0.15) is 18.0 Å². The zero-order chi connectivity index (χ0) is 27.3. The number of ether oxygens (including phenoxy) is 1. The zero-order valence-electron chi connectivity index (χ0n) is 20.5. The molecular formula is C25H27F3N8O2. The van der Waals surface area contributed by atoms with E-state index in [1.807, 2.05) is 12.1 Å². The molecule has 1 aromatic carbocycles. The van der Waals surface area contributed by atoms with Crippen LogP contribution >= 0.6 is 0 Å². The van der Waals surface area contributed by atoms with Crippen LogP contribution in [0.15, 0.2) is 47.6 Å². The lowest BCUT2D eigenvalue weighted by atomic mass is 10.0. The molecule has 6 N–H and O–H groups in total. The maximum absolute atomic E-state index is 12.9. The average Bonchev–Trinajstić information content (AvgIpc) is 3.29. The lowest BCUT2D eigenvalue weighted by molar-refractivity contribution is -0.137. The fourth-order valence-electron chi connectivity index (χ4n) is 4.08. The van der Waals surface area contributed by atoms with E-state index in [2.05, 4.69) is 30.5 Å². The number of anilines is 2. The van der Waals surface area contributed by atoms with Crippen molar-refractivity contribution < 1.29 is 22.7 Å². The van der Waals surface area contributed by atoms with Gasteiger partial charge in [-0.05, 0) is 48.4 Å². The van der Waals surface area contributed by atoms with Gasteiger partial charge in [-0.2, -0.15) is 13.2 Å². The third kappa shape index (κ3) is 6.55. The predicted octanol–water partition coefficient (Wildman–Crippen LogP) is 4.19. The molecule has 2 amide bonds. The van der Waals surface area contributed by atoms with Crippen molar-refractivity contribution >= 4 is 29.7 Å². The summed E-state index contributed by atoms with van der Waals surface area (Å²) in [7, 11) is 0. The molecule has 13 heteroatoms. The summed E-state index contributed by atoms with van der Waals surface area (Å²) in [4.78, 5) is 25.7. The Balaban J connectivity index is 1.53. The third-order valence-electron chi connectivity index (χ3n) is 5.95. The lowest BCUT2D eigenvalue weighted by Crippen LogP contribution is -2.35. The van der Waals surface area contributed by atoms with Crippen molar-refractivity contribution in [1.82, 2.24) is 14.9 Å². The average molecular weight is 529 g/mol. The molecule has 1 fully saturated rings. The molecule has 1 saturated heterocycles. The highest BCUT2D eigenvalue weighted by molar-refractivity contribution is 6.05. The number of urea groups is 1. The van der Waals surface area contributed by atoms with Crippen LogP contribution in [0.1, 0.15) is 22.5 Å². The molecule has 0 radical (unpaired) electrons. The Bertz CT molecular complexity index is 1350. The number of nitrogens with one attached hydrogen (secondary N) is 4. The number of benzene rings is 1. The molecule has 10 nitrogen and oxygen atoms in total. The minimum Gasteiger partial charge on any atom is -0.382 e. The van der Waals surface area contributed by atoms with Gasteiger partial charge < -0.3 is 20.8 Å². The highest BCUT2D eigenvalue weighted by Crippen LogP contribution is 2.31. The van der Waals surface area contributed by atoms with Crippen molar-refractivity contribution in [2.45, 2.75) is 19.6 Å². The first kappa shape index (κ1) is 26.8. The number of aryl methyl sites for hydroxylation is 1. The van der Waals surface area contributed by atoms with E-state index in [-0.39, 0.29) is 11.7 Å². The maximum Gasteiger partial charge on any atom is 0.416 e. The summed E-state index contributed by atoms with van der Waals surface area (Å²) < 4.78 is 44.2. The van der Waals surface area contributed by atoms with Crippen LogP contribution in [0.5, 0.6) is 0 Å². The number of pyridine rings is 1. The van der Waals surface area contributed by atoms with Crippen molar-refractivity contribution in [3.05, 3.63) is 65.1 Å². The van der Waals surface area contributed by atoms with E-state index in [4.69, 9.17) is 15.9 Å². The smallest absolute Gasteiger partial charge is 0.382 e. The molecule has 3 heterocycles. The number of carbonyl (C=O) groups is 1. The minimum atomic E-state index is -4.55. The Labute approximate surface area is 216 Å². The van der Waals surface area contributed by atoms with Gasteiger partial charge in [-0.3, -0.25) is 15.6 Å². The number of aromatic amines is 1. The topological polar surface area (TPSA) is 145 Å². The number of amides is 2. The van der Waals surface area contributed by atoms with Crippen LogP contribution in [0, 0.1) is 12.3 Å². The highest BCUT2D eigenvalue weighted by Gasteiger charge is 2.31. The van der Waals surface area contributed by atoms with E-state index >= 15 is 0 Å². The molecule has 0 bridgehead atoms. The lowest BCUT2D eigenvalue weighted by Gasteiger charge is -2.25. The Hall–Kier alpha value is -4.23. The SMILES string of the molecule is Cc1cc(-c2cc(CN3CCOCC3)[nH]c2/C(N)=N\C=N)ccc1NC(=O)Nc1cc(C(F)(F)F)ccn1. The fraction of sp³-hybridized carbons (Fsp3) is 0.280. The molecule has 38 heavy (non-hydrogen) atoms. The van der Waals surface area contributed by atoms with Crippen molar-refractivity contribution in [3.8, 4) is 11.1 Å². The molecule has 0 atom stereocenters. The number of H-pyrrole nitrogens is 1. The number of aliphatic imine (C=N–C) groups is 1. The number of nitrogens with two attached hydrogens (primary N) is 1. The molecular weight excluding hydrogens is 501 g/mol. The van der Waals surface area contributed by atoms with Crippen LogP contribution in [0.3, 0.4) is 0 Å². The van der Waals surface area contributed by atoms with Gasteiger partial charge in [0.25, 0.3) is 0 Å². The number of alkyl halides is 3. The van der Waals surface area contributed by atoms with E-state index in [1.54, 1.807) is 19.1 Å². The molecule has 0 saturated carbocycles. The van der Waals surface area contributed by atoms with Crippen molar-refractivity contribution in [1.29, 1.82) is 5.41 Å². The number of morpholine rings is 1. The second-order valence-electron chi connectivity index (χ2n) is 8.65. The second-order valence-corrected chi connectivity index (χ2v) is 8.65. The quantitative estimate of drug-likeness (QED) is 0.231. The van der Waals surface area contributed by atoms with Crippen molar-refractivity contribution in [3.63, 3.8) is 0 Å². The number of hydrogen-bond donors (Lipinski definition) is 5. The van der Waals surface area contributed by atoms with Gasteiger partial charge in [-0.25, -0.2) is 14.8 Å². The number of nitrogens with zero attached hydrogens (tertiary/aromatic N) is 3. The third-order valence-corrected chi connectivity index (χ3v) is 5.95. The van der Waals surface area contributed by atoms with Crippen LogP contribution in [-0.4, -0.2) is 59.4 Å². The van der Waals surface area contributed by atoms with Crippen LogP contribution in [-0.2, 0) is 17.5 Å². The summed E-state index contributed by atoms with van der Waals surface area (Å²) in [5, 5.41) is 12.2. The van der Waals surface area contributed by atoms with E-state index in [0.29, 0.717) is 36.7 Å². The summed E-state index contributed by atoms with van der Waals surface area (Å²) in [6, 6.07) is 8.15. The predicted molar refractivity (Wildman–Crippen MR) is 138 cm³/mol. The zero-order valence-corrected chi connectivity index (χ0v) is 20.5. The largest absolute Gasteiger partial charge is 0.416 e. The van der Waals surface area contributed by atoms with Gasteiger partial charge in [0.2, 0.25) is 0 Å². The number of carbonyl (C=O) groups excluding carboxylic acids is 1. The van der Waals surface area contributed by atoms with Gasteiger partial charge in [-0.1, -0.05) is 6.07 Å². The van der Waals surface area contributed by atoms with E-state index in [9.17, 15) is 18.0 Å². The summed E-state index contributed by atoms with van der Waals surface area (Å²) in [5.41, 5.74) is 9.47. The molecule has 0 unspecified atom stereocenters. The molecule has 4 rings (SSSR count). The molecule has 0 spiro atoms. The number of hydrogen-bond acceptors (Lipinski definition) is 5. The summed E-state index contributed by atoms with van der Waals surface area (Å²) in [5.74, 6) is -0.0617. The Morgan fingerprint density at radius 2 is 2.00 bits per heavy atom. The molecule has 1 aliphatic rings. The first-order chi connectivity index (χ1) is 18.1. The number of halogens is 3. The van der Waals surface area contributed by atoms with Crippen LogP contribution in [0.2, 0.25) is 0 Å². The maximum atomic E-state index is 12.9. The minimum absolute atomic E-state index is 0.163. The summed E-state index contributed by atoms with van der Waals surface area (Å²) in [6.45, 7) is 5.41. The van der Waals surface area contributed by atoms with Gasteiger partial charge in [-0.15, -0.1) is 0 Å². The van der Waals surface area contributed by atoms with Gasteiger partial charge >= 0.3 is 12.2 Å². The van der Waals surface area contributed by atoms with E-state index < -0.39 is 17.8 Å². The fourth-order valence-corrected chi connectivity index (χ4v) is 4.08. The highest BCUT2D eigenvalue weighted by atomic mass is 19.4. The first-order valence-electron chi connectivity index (χ1n) is 11.7. The number of rotatable bonds is 7. The van der Waals surface area contributed by atoms with Crippen LogP contribution < -0.4 is 16.4 Å².